The molecule has 0 saturated carbocycles. The summed E-state index contributed by atoms with van der Waals surface area (Å²) in [4.78, 5) is 20.2. The molecular weight excluding hydrogens is 345 g/mol. The lowest BCUT2D eigenvalue weighted by molar-refractivity contribution is 0.264. The van der Waals surface area contributed by atoms with E-state index in [1.807, 2.05) is 0 Å². The molecule has 0 aromatic rings. The van der Waals surface area contributed by atoms with Crippen LogP contribution in [0.5, 0.6) is 0 Å². The lowest BCUT2D eigenvalue weighted by Gasteiger charge is -2.18. The summed E-state index contributed by atoms with van der Waals surface area (Å²) < 4.78 is 41.8. The number of rotatable bonds is 7. The molecule has 0 rings (SSSR count). The molecule has 0 spiro atoms. The summed E-state index contributed by atoms with van der Waals surface area (Å²) in [5, 5.41) is 0. The second-order valence-corrected chi connectivity index (χ2v) is 7.04. The minimum atomic E-state index is -4.61. The fourth-order valence-corrected chi connectivity index (χ4v) is 3.57. The van der Waals surface area contributed by atoms with Gasteiger partial charge >= 0.3 is 15.3 Å². The highest BCUT2D eigenvalue weighted by molar-refractivity contribution is 7.61. The fraction of sp³-hybridized carbons (Fsp3) is 0.333. The van der Waals surface area contributed by atoms with E-state index in [1.54, 1.807) is 0 Å². The number of nitrogens with zero attached hydrogens (tertiary/aromatic N) is 2. The molecule has 0 aromatic carbocycles. The summed E-state index contributed by atoms with van der Waals surface area (Å²) in [7, 11) is -6.84. The van der Waals surface area contributed by atoms with Crippen molar-refractivity contribution in [2.75, 3.05) is 14.2 Å². The molecule has 13 heteroatoms. The monoisotopic (exact) mass is 350 g/mol. The third-order valence-corrected chi connectivity index (χ3v) is 5.04. The fourth-order valence-electron chi connectivity index (χ4n) is 0.707. The highest BCUT2D eigenvalue weighted by Crippen LogP contribution is 2.64. The van der Waals surface area contributed by atoms with Crippen molar-refractivity contribution in [1.82, 2.24) is 0 Å². The summed E-state index contributed by atoms with van der Waals surface area (Å²) in [5.41, 5.74) is -0.929. The van der Waals surface area contributed by atoms with Crippen LogP contribution in [0.15, 0.2) is 19.5 Å². The van der Waals surface area contributed by atoms with E-state index in [4.69, 9.17) is 23.2 Å². The van der Waals surface area contributed by atoms with Crippen molar-refractivity contribution in [3.05, 3.63) is 9.99 Å². The van der Waals surface area contributed by atoms with Gasteiger partial charge in [0.1, 0.15) is 0 Å². The molecule has 0 aromatic heterocycles. The SMILES string of the molecule is COP(=O)(OC)C(OP(=O)(N=C=O)N=C=O)=C(Cl)Cl. The van der Waals surface area contributed by atoms with Gasteiger partial charge in [0.2, 0.25) is 17.7 Å². The summed E-state index contributed by atoms with van der Waals surface area (Å²) >= 11 is 10.8. The average molecular weight is 351 g/mol. The highest BCUT2D eigenvalue weighted by Gasteiger charge is 2.39. The van der Waals surface area contributed by atoms with Crippen LogP contribution in [0.25, 0.3) is 0 Å². The first-order valence-corrected chi connectivity index (χ1v) is 7.87. The summed E-state index contributed by atoms with van der Waals surface area (Å²) in [6.45, 7) is 0. The summed E-state index contributed by atoms with van der Waals surface area (Å²) in [6, 6.07) is 0. The smallest absolute Gasteiger partial charge is 0.399 e. The number of halogens is 2. The van der Waals surface area contributed by atoms with Gasteiger partial charge in [-0.25, -0.2) is 14.2 Å². The molecule has 0 heterocycles. The Labute approximate surface area is 117 Å². The molecule has 19 heavy (non-hydrogen) atoms. The van der Waals surface area contributed by atoms with E-state index in [-0.39, 0.29) is 0 Å². The minimum Gasteiger partial charge on any atom is -0.399 e. The third-order valence-electron chi connectivity index (χ3n) is 1.43. The third kappa shape index (κ3) is 5.03. The van der Waals surface area contributed by atoms with Crippen LogP contribution in [-0.2, 0) is 32.3 Å². The van der Waals surface area contributed by atoms with Crippen LogP contribution < -0.4 is 0 Å². The zero-order chi connectivity index (χ0) is 15.1. The molecule has 0 bridgehead atoms. The number of hydrogen-bond acceptors (Lipinski definition) is 7. The van der Waals surface area contributed by atoms with Crippen LogP contribution in [0.3, 0.4) is 0 Å². The lowest BCUT2D eigenvalue weighted by atomic mass is 11.1. The predicted molar refractivity (Wildman–Crippen MR) is 65.3 cm³/mol. The van der Waals surface area contributed by atoms with Crippen LogP contribution in [-0.4, -0.2) is 26.4 Å². The van der Waals surface area contributed by atoms with Crippen LogP contribution >= 0.6 is 38.5 Å². The van der Waals surface area contributed by atoms with Crippen LogP contribution in [0.4, 0.5) is 0 Å². The Bertz CT molecular complexity index is 530. The number of carbonyl (C=O) groups excluding carboxylic acids is 2. The Morgan fingerprint density at radius 2 is 1.47 bits per heavy atom. The molecule has 0 atom stereocenters. The van der Waals surface area contributed by atoms with Crippen molar-refractivity contribution in [2.24, 2.45) is 9.53 Å². The molecule has 0 saturated heterocycles. The largest absolute Gasteiger partial charge is 0.508 e. The first kappa shape index (κ1) is 18.3. The Kier molecular flexibility index (Phi) is 7.45. The second-order valence-electron chi connectivity index (χ2n) is 2.39. The molecule has 0 N–H and O–H groups in total. The Morgan fingerprint density at radius 3 is 1.74 bits per heavy atom. The highest BCUT2D eigenvalue weighted by atomic mass is 35.5. The maximum absolute atomic E-state index is 12.0. The molecule has 0 aliphatic rings. The first-order chi connectivity index (χ1) is 8.78. The number of hydrogen-bond donors (Lipinski definition) is 0. The molecule has 0 aliphatic heterocycles. The molecule has 0 aliphatic carbocycles. The standard InChI is InChI=1S/C6H6Cl2N2O7P2/c1-15-18(13,16-2)6(5(7)8)17-19(14,9-3-11)10-4-12/h1-2H3. The van der Waals surface area contributed by atoms with E-state index in [9.17, 15) is 18.7 Å². The van der Waals surface area contributed by atoms with Gasteiger partial charge in [-0.2, -0.15) is 0 Å². The second kappa shape index (κ2) is 7.75. The van der Waals surface area contributed by atoms with Crippen molar-refractivity contribution in [3.8, 4) is 0 Å². The quantitative estimate of drug-likeness (QED) is 0.299. The molecule has 0 amide bonds. The van der Waals surface area contributed by atoms with Gasteiger partial charge in [-0.3, -0.25) is 4.57 Å². The van der Waals surface area contributed by atoms with Crippen molar-refractivity contribution in [3.63, 3.8) is 0 Å². The maximum Gasteiger partial charge on any atom is 0.508 e. The Morgan fingerprint density at radius 1 is 1.05 bits per heavy atom. The molecular formula is C6H6Cl2N2O7P2. The van der Waals surface area contributed by atoms with Crippen molar-refractivity contribution in [2.45, 2.75) is 0 Å². The van der Waals surface area contributed by atoms with Gasteiger partial charge in [0.15, 0.2) is 4.49 Å². The van der Waals surface area contributed by atoms with Crippen molar-refractivity contribution in [1.29, 1.82) is 0 Å². The molecule has 0 unspecified atom stereocenters. The van der Waals surface area contributed by atoms with Gasteiger partial charge in [0.25, 0.3) is 0 Å². The molecule has 0 fully saturated rings. The van der Waals surface area contributed by atoms with Gasteiger partial charge in [-0.1, -0.05) is 32.7 Å². The van der Waals surface area contributed by atoms with Crippen molar-refractivity contribution >= 4 is 50.6 Å². The van der Waals surface area contributed by atoms with Gasteiger partial charge in [0, 0.05) is 14.2 Å². The summed E-state index contributed by atoms with van der Waals surface area (Å²) in [5.74, 6) is 0. The molecule has 106 valence electrons. The van der Waals surface area contributed by atoms with Gasteiger partial charge in [-0.15, -0.1) is 0 Å². The first-order valence-electron chi connectivity index (χ1n) is 4.04. The van der Waals surface area contributed by atoms with E-state index in [0.29, 0.717) is 0 Å². The zero-order valence-electron chi connectivity index (χ0n) is 9.40. The normalized spacial score (nSPS) is 13.5. The predicted octanol–water partition coefficient (Wildman–Crippen LogP) is 2.87. The zero-order valence-corrected chi connectivity index (χ0v) is 12.7. The van der Waals surface area contributed by atoms with E-state index in [2.05, 4.69) is 23.1 Å². The molecule has 0 radical (unpaired) electrons. The minimum absolute atomic E-state index is 0.783. The Balaban J connectivity index is 5.83. The van der Waals surface area contributed by atoms with Gasteiger partial charge < -0.3 is 13.6 Å². The van der Waals surface area contributed by atoms with E-state index in [1.165, 1.54) is 0 Å². The summed E-state index contributed by atoms with van der Waals surface area (Å²) in [6.07, 6.45) is 1.72. The Hall–Kier alpha value is -0.740. The molecule has 9 nitrogen and oxygen atoms in total. The number of isocyanates is 2. The lowest BCUT2D eigenvalue weighted by Crippen LogP contribution is -1.97. The average Bonchev–Trinajstić information content (AvgIpc) is 2.35. The van der Waals surface area contributed by atoms with E-state index < -0.39 is 25.3 Å². The maximum atomic E-state index is 12.0. The van der Waals surface area contributed by atoms with Gasteiger partial charge in [0.05, 0.1) is 0 Å². The van der Waals surface area contributed by atoms with E-state index in [0.717, 1.165) is 26.4 Å². The van der Waals surface area contributed by atoms with Crippen LogP contribution in [0, 0.1) is 0 Å². The van der Waals surface area contributed by atoms with E-state index >= 15 is 0 Å². The van der Waals surface area contributed by atoms with Crippen LogP contribution in [0.2, 0.25) is 0 Å². The topological polar surface area (TPSA) is 121 Å². The van der Waals surface area contributed by atoms with Gasteiger partial charge in [-0.05, 0) is 0 Å². The van der Waals surface area contributed by atoms with Crippen molar-refractivity contribution < 1.29 is 32.3 Å². The van der Waals surface area contributed by atoms with Crippen LogP contribution in [0.1, 0.15) is 0 Å².